The number of hydrogen-bond acceptors (Lipinski definition) is 9. The Bertz CT molecular complexity index is 1050. The third kappa shape index (κ3) is 6.39. The van der Waals surface area contributed by atoms with Crippen LogP contribution in [-0.2, 0) is 20.9 Å². The van der Waals surface area contributed by atoms with E-state index in [-0.39, 0.29) is 24.1 Å². The van der Waals surface area contributed by atoms with Gasteiger partial charge >= 0.3 is 6.18 Å². The predicted octanol–water partition coefficient (Wildman–Crippen LogP) is 2.16. The number of phenols is 1. The zero-order chi connectivity index (χ0) is 23.6. The molecule has 31 heavy (non-hydrogen) atoms. The van der Waals surface area contributed by atoms with Crippen molar-refractivity contribution in [2.24, 2.45) is 5.14 Å². The number of aliphatic hydroxyl groups is 1. The van der Waals surface area contributed by atoms with Crippen molar-refractivity contribution in [2.45, 2.75) is 30.1 Å². The van der Waals surface area contributed by atoms with Crippen molar-refractivity contribution < 1.29 is 36.5 Å². The zero-order valence-electron chi connectivity index (χ0n) is 16.1. The van der Waals surface area contributed by atoms with E-state index in [0.717, 1.165) is 6.07 Å². The molecule has 0 aliphatic rings. The third-order valence-electron chi connectivity index (χ3n) is 3.91. The number of nitrogens with two attached hydrogens (primary N) is 1. The molecule has 0 saturated heterocycles. The van der Waals surface area contributed by atoms with E-state index in [0.29, 0.717) is 10.5 Å². The van der Waals surface area contributed by atoms with Crippen LogP contribution in [0.2, 0.25) is 0 Å². The number of rotatable bonds is 8. The Labute approximate surface area is 183 Å². The molecular weight excluding hydrogens is 511 g/mol. The fourth-order valence-electron chi connectivity index (χ4n) is 2.51. The quantitative estimate of drug-likeness (QED) is 0.345. The highest BCUT2D eigenvalue weighted by Gasteiger charge is 2.39. The van der Waals surface area contributed by atoms with E-state index in [1.807, 2.05) is 0 Å². The molecule has 2 aromatic rings. The summed E-state index contributed by atoms with van der Waals surface area (Å²) in [7, 11) is -3.42. The monoisotopic (exact) mass is 529 g/mol. The SMILES string of the molecule is COC[C@@H](Nc1nc(Nc2cc(O)c(S(N)(=O)=O)c(C(F)(F)F)c2)ncc1Br)[C@@H](C)O. The van der Waals surface area contributed by atoms with Gasteiger partial charge in [-0.05, 0) is 28.9 Å². The molecule has 0 bridgehead atoms. The number of ether oxygens (including phenoxy) is 1. The number of alkyl halides is 3. The Balaban J connectivity index is 2.44. The molecule has 6 N–H and O–H groups in total. The number of primary sulfonamides is 1. The van der Waals surface area contributed by atoms with Gasteiger partial charge in [-0.3, -0.25) is 0 Å². The van der Waals surface area contributed by atoms with E-state index in [2.05, 4.69) is 36.5 Å². The van der Waals surface area contributed by atoms with Crippen LogP contribution in [-0.4, -0.2) is 54.5 Å². The van der Waals surface area contributed by atoms with E-state index in [4.69, 9.17) is 9.88 Å². The smallest absolute Gasteiger partial charge is 0.417 e. The van der Waals surface area contributed by atoms with Gasteiger partial charge in [0.2, 0.25) is 16.0 Å². The van der Waals surface area contributed by atoms with Gasteiger partial charge in [0.05, 0.1) is 28.8 Å². The average Bonchev–Trinajstić information content (AvgIpc) is 2.61. The summed E-state index contributed by atoms with van der Waals surface area (Å²) in [5.41, 5.74) is -1.99. The lowest BCUT2D eigenvalue weighted by atomic mass is 10.1. The number of phenolic OH excluding ortho intramolecular Hbond substituents is 1. The number of halogens is 4. The highest BCUT2D eigenvalue weighted by Crippen LogP contribution is 2.40. The summed E-state index contributed by atoms with van der Waals surface area (Å²) in [5.74, 6) is -1.17. The van der Waals surface area contributed by atoms with Crippen LogP contribution < -0.4 is 15.8 Å². The van der Waals surface area contributed by atoms with Crippen LogP contribution in [0.15, 0.2) is 27.7 Å². The maximum atomic E-state index is 13.3. The number of anilines is 3. The Morgan fingerprint density at radius 3 is 2.52 bits per heavy atom. The number of sulfonamides is 1. The fourth-order valence-corrected chi connectivity index (χ4v) is 3.65. The molecule has 0 amide bonds. The molecular formula is C16H19BrF3N5O5S. The maximum absolute atomic E-state index is 13.3. The zero-order valence-corrected chi connectivity index (χ0v) is 18.5. The highest BCUT2D eigenvalue weighted by molar-refractivity contribution is 9.10. The van der Waals surface area contributed by atoms with E-state index in [1.165, 1.54) is 20.2 Å². The summed E-state index contributed by atoms with van der Waals surface area (Å²) >= 11 is 3.22. The summed E-state index contributed by atoms with van der Waals surface area (Å²) < 4.78 is 68.5. The minimum Gasteiger partial charge on any atom is -0.506 e. The Morgan fingerprint density at radius 1 is 1.35 bits per heavy atom. The lowest BCUT2D eigenvalue weighted by molar-refractivity contribution is -0.140. The Kier molecular flexibility index (Phi) is 7.70. The van der Waals surface area contributed by atoms with Gasteiger partial charge in [0.25, 0.3) is 0 Å². The van der Waals surface area contributed by atoms with Crippen LogP contribution in [0, 0.1) is 0 Å². The first-order valence-corrected chi connectivity index (χ1v) is 10.8. The molecule has 0 saturated carbocycles. The topological polar surface area (TPSA) is 160 Å². The molecule has 0 aliphatic carbocycles. The molecule has 0 unspecified atom stereocenters. The van der Waals surface area contributed by atoms with Crippen molar-refractivity contribution in [3.63, 3.8) is 0 Å². The van der Waals surface area contributed by atoms with Gasteiger partial charge in [-0.2, -0.15) is 18.2 Å². The number of aromatic hydroxyl groups is 1. The second-order valence-electron chi connectivity index (χ2n) is 6.38. The maximum Gasteiger partial charge on any atom is 0.417 e. The molecule has 2 atom stereocenters. The van der Waals surface area contributed by atoms with Crippen LogP contribution in [0.3, 0.4) is 0 Å². The van der Waals surface area contributed by atoms with E-state index < -0.39 is 44.6 Å². The number of aliphatic hydroxyl groups excluding tert-OH is 1. The summed E-state index contributed by atoms with van der Waals surface area (Å²) in [6.45, 7) is 1.66. The Morgan fingerprint density at radius 2 is 2.00 bits per heavy atom. The first-order valence-electron chi connectivity index (χ1n) is 8.44. The van der Waals surface area contributed by atoms with Crippen molar-refractivity contribution in [3.05, 3.63) is 28.4 Å². The van der Waals surface area contributed by atoms with Crippen molar-refractivity contribution in [2.75, 3.05) is 24.4 Å². The van der Waals surface area contributed by atoms with Crippen molar-refractivity contribution in [1.82, 2.24) is 9.97 Å². The van der Waals surface area contributed by atoms with Crippen LogP contribution >= 0.6 is 15.9 Å². The van der Waals surface area contributed by atoms with E-state index in [9.17, 15) is 31.8 Å². The normalized spacial score (nSPS) is 14.2. The lowest BCUT2D eigenvalue weighted by Gasteiger charge is -2.22. The predicted molar refractivity (Wildman–Crippen MR) is 108 cm³/mol. The third-order valence-corrected chi connectivity index (χ3v) is 5.49. The highest BCUT2D eigenvalue weighted by atomic mass is 79.9. The lowest BCUT2D eigenvalue weighted by Crippen LogP contribution is -2.36. The molecule has 0 spiro atoms. The molecule has 2 rings (SSSR count). The number of nitrogens with zero attached hydrogens (tertiary/aromatic N) is 2. The minimum atomic E-state index is -5.12. The van der Waals surface area contributed by atoms with Crippen LogP contribution in [0.1, 0.15) is 12.5 Å². The first-order chi connectivity index (χ1) is 14.2. The summed E-state index contributed by atoms with van der Waals surface area (Å²) in [5, 5.41) is 29.9. The van der Waals surface area contributed by atoms with Gasteiger partial charge in [-0.15, -0.1) is 0 Å². The summed E-state index contributed by atoms with van der Waals surface area (Å²) in [4.78, 5) is 6.59. The van der Waals surface area contributed by atoms with Crippen LogP contribution in [0.4, 0.5) is 30.6 Å². The van der Waals surface area contributed by atoms with Gasteiger partial charge in [-0.1, -0.05) is 0 Å². The van der Waals surface area contributed by atoms with Gasteiger partial charge in [0.1, 0.15) is 16.5 Å². The van der Waals surface area contributed by atoms with Crippen LogP contribution in [0.25, 0.3) is 0 Å². The number of aromatic nitrogens is 2. The molecule has 172 valence electrons. The molecule has 1 aromatic heterocycles. The molecule has 10 nitrogen and oxygen atoms in total. The molecule has 0 fully saturated rings. The second kappa shape index (κ2) is 9.52. The molecule has 0 radical (unpaired) electrons. The standard InChI is InChI=1S/C16H19BrF3N5O5S/c1-7(26)11(6-30-2)24-14-10(17)5-22-15(25-14)23-8-3-9(16(18,19)20)13(12(27)4-8)31(21,28)29/h3-5,7,11,26-27H,6H2,1-2H3,(H2,21,28,29)(H2,22,23,24,25)/t7-,11-/m1/s1. The number of methoxy groups -OCH3 is 1. The number of benzene rings is 1. The first kappa shape index (κ1) is 25.1. The molecule has 1 heterocycles. The minimum absolute atomic E-state index is 0.134. The van der Waals surface area contributed by atoms with Crippen molar-refractivity contribution in [3.8, 4) is 5.75 Å². The summed E-state index contributed by atoms with van der Waals surface area (Å²) in [6, 6.07) is 0.650. The average molecular weight is 530 g/mol. The van der Waals surface area contributed by atoms with Gasteiger partial charge in [0, 0.05) is 25.1 Å². The van der Waals surface area contributed by atoms with Crippen molar-refractivity contribution >= 4 is 43.4 Å². The second-order valence-corrected chi connectivity index (χ2v) is 8.73. The number of nitrogens with one attached hydrogen (secondary N) is 2. The van der Waals surface area contributed by atoms with Crippen LogP contribution in [0.5, 0.6) is 5.75 Å². The van der Waals surface area contributed by atoms with Gasteiger partial charge in [-0.25, -0.2) is 18.5 Å². The largest absolute Gasteiger partial charge is 0.506 e. The van der Waals surface area contributed by atoms with Crippen molar-refractivity contribution in [1.29, 1.82) is 0 Å². The van der Waals surface area contributed by atoms with Gasteiger partial charge in [0.15, 0.2) is 0 Å². The molecule has 15 heteroatoms. The van der Waals surface area contributed by atoms with E-state index >= 15 is 0 Å². The number of hydrogen-bond donors (Lipinski definition) is 5. The Hall–Kier alpha value is -2.20. The van der Waals surface area contributed by atoms with Gasteiger partial charge < -0.3 is 25.6 Å². The molecule has 0 aliphatic heterocycles. The molecule has 1 aromatic carbocycles. The summed E-state index contributed by atoms with van der Waals surface area (Å²) in [6.07, 6.45) is -4.64. The van der Waals surface area contributed by atoms with E-state index in [1.54, 1.807) is 0 Å². The fraction of sp³-hybridized carbons (Fsp3) is 0.375.